The molecule has 9 nitrogen and oxygen atoms in total. The Morgan fingerprint density at radius 1 is 1.25 bits per heavy atom. The van der Waals surface area contributed by atoms with Crippen LogP contribution in [-0.4, -0.2) is 54.0 Å². The number of hydrogen-bond donors (Lipinski definition) is 2. The van der Waals surface area contributed by atoms with Gasteiger partial charge in [0.15, 0.2) is 16.5 Å². The van der Waals surface area contributed by atoms with Crippen molar-refractivity contribution in [2.75, 3.05) is 31.6 Å². The highest BCUT2D eigenvalue weighted by Gasteiger charge is 2.18. The minimum atomic E-state index is -0.534. The first-order valence-electron chi connectivity index (χ1n) is 12.4. The van der Waals surface area contributed by atoms with Gasteiger partial charge < -0.3 is 19.8 Å². The van der Waals surface area contributed by atoms with E-state index in [1.54, 1.807) is 17.5 Å². The molecule has 0 aliphatic carbocycles. The van der Waals surface area contributed by atoms with Crippen molar-refractivity contribution in [1.82, 2.24) is 15.2 Å². The number of fused-ring (bicyclic) bond motifs is 1. The number of nitrogens with one attached hydrogen (secondary N) is 2. The number of para-hydroxylation sites is 1. The number of aromatic nitrogens is 1. The molecule has 1 aliphatic heterocycles. The third-order valence-corrected chi connectivity index (χ3v) is 7.05. The summed E-state index contributed by atoms with van der Waals surface area (Å²) < 4.78 is 11.0. The van der Waals surface area contributed by atoms with Crippen molar-refractivity contribution in [2.24, 2.45) is 0 Å². The first kappa shape index (κ1) is 25.8. The first-order valence-corrected chi connectivity index (χ1v) is 13.3. The molecule has 1 fully saturated rings. The van der Waals surface area contributed by atoms with Crippen molar-refractivity contribution in [1.29, 1.82) is 0 Å². The molecule has 10 heteroatoms. The maximum absolute atomic E-state index is 12.6. The molecule has 1 aromatic carbocycles. The molecule has 36 heavy (non-hydrogen) atoms. The lowest BCUT2D eigenvalue weighted by atomic mass is 10.0. The van der Waals surface area contributed by atoms with Crippen LogP contribution >= 0.6 is 11.3 Å². The Kier molecular flexibility index (Phi) is 8.71. The van der Waals surface area contributed by atoms with Crippen LogP contribution in [0.1, 0.15) is 46.0 Å². The van der Waals surface area contributed by atoms with Gasteiger partial charge in [-0.2, -0.15) is 0 Å². The van der Waals surface area contributed by atoms with E-state index in [0.29, 0.717) is 46.9 Å². The number of piperidine rings is 1. The Morgan fingerprint density at radius 2 is 2.08 bits per heavy atom. The number of amides is 2. The number of anilines is 1. The smallest absolute Gasteiger partial charge is 0.345 e. The van der Waals surface area contributed by atoms with Crippen molar-refractivity contribution >= 4 is 39.3 Å². The zero-order valence-corrected chi connectivity index (χ0v) is 21.5. The van der Waals surface area contributed by atoms with Crippen molar-refractivity contribution in [3.63, 3.8) is 0 Å². The van der Waals surface area contributed by atoms with Crippen LogP contribution in [0.2, 0.25) is 0 Å². The highest BCUT2D eigenvalue weighted by atomic mass is 32.1. The molecule has 192 valence electrons. The second kappa shape index (κ2) is 12.1. The second-order valence-corrected chi connectivity index (χ2v) is 9.73. The van der Waals surface area contributed by atoms with E-state index < -0.39 is 5.63 Å². The average Bonchev–Trinajstić information content (AvgIpc) is 3.32. The fourth-order valence-corrected chi connectivity index (χ4v) is 5.07. The van der Waals surface area contributed by atoms with Gasteiger partial charge in [0.1, 0.15) is 0 Å². The summed E-state index contributed by atoms with van der Waals surface area (Å²) in [5, 5.41) is 8.38. The predicted octanol–water partition coefficient (Wildman–Crippen LogP) is 4.02. The van der Waals surface area contributed by atoms with E-state index >= 15 is 0 Å². The molecule has 0 spiro atoms. The van der Waals surface area contributed by atoms with Crippen molar-refractivity contribution in [3.05, 3.63) is 40.1 Å². The number of benzene rings is 1. The standard InChI is InChI=1S/C26H32N4O5S/c1-3-34-21-9-6-8-18-15-19(25(33)35-24(18)21)20-16-36-26(28-20)29-23(32)11-10-22(31)27-12-14-30-13-5-4-7-17(30)2/h6,8-9,15-17H,3-5,7,10-14H2,1-2H3,(H,27,31)(H,28,29,32)/t17-/m0/s1. The van der Waals surface area contributed by atoms with Gasteiger partial charge in [-0.25, -0.2) is 9.78 Å². The van der Waals surface area contributed by atoms with Gasteiger partial charge in [0.2, 0.25) is 11.8 Å². The van der Waals surface area contributed by atoms with E-state index in [4.69, 9.17) is 9.15 Å². The largest absolute Gasteiger partial charge is 0.490 e. The van der Waals surface area contributed by atoms with Gasteiger partial charge in [-0.1, -0.05) is 18.6 Å². The van der Waals surface area contributed by atoms with E-state index in [-0.39, 0.29) is 24.7 Å². The molecule has 3 aromatic rings. The van der Waals surface area contributed by atoms with Crippen LogP contribution in [0.3, 0.4) is 0 Å². The molecule has 3 heterocycles. The second-order valence-electron chi connectivity index (χ2n) is 8.87. The van der Waals surface area contributed by atoms with Gasteiger partial charge in [-0.15, -0.1) is 11.3 Å². The molecule has 4 rings (SSSR count). The van der Waals surface area contributed by atoms with Crippen LogP contribution in [-0.2, 0) is 9.59 Å². The molecule has 0 saturated carbocycles. The minimum Gasteiger partial charge on any atom is -0.490 e. The van der Waals surface area contributed by atoms with Gasteiger partial charge in [-0.3, -0.25) is 14.5 Å². The Bertz CT molecular complexity index is 1270. The number of carbonyl (C=O) groups excluding carboxylic acids is 2. The number of hydrogen-bond acceptors (Lipinski definition) is 8. The summed E-state index contributed by atoms with van der Waals surface area (Å²) in [5.74, 6) is 0.0624. The monoisotopic (exact) mass is 512 g/mol. The van der Waals surface area contributed by atoms with Gasteiger partial charge in [0, 0.05) is 42.7 Å². The molecule has 2 amide bonds. The number of nitrogens with zero attached hydrogens (tertiary/aromatic N) is 2. The molecule has 1 atom stereocenters. The quantitative estimate of drug-likeness (QED) is 0.394. The normalized spacial score (nSPS) is 16.1. The van der Waals surface area contributed by atoms with E-state index in [1.165, 1.54) is 30.6 Å². The zero-order chi connectivity index (χ0) is 25.5. The minimum absolute atomic E-state index is 0.0547. The van der Waals surface area contributed by atoms with Crippen molar-refractivity contribution in [2.45, 2.75) is 52.0 Å². The number of thiazole rings is 1. The Balaban J connectivity index is 1.29. The first-order chi connectivity index (χ1) is 17.4. The molecule has 2 aromatic heterocycles. The highest BCUT2D eigenvalue weighted by molar-refractivity contribution is 7.14. The maximum atomic E-state index is 12.6. The Labute approximate surface area is 213 Å². The van der Waals surface area contributed by atoms with Crippen LogP contribution in [0.4, 0.5) is 5.13 Å². The Hall–Kier alpha value is -3.24. The van der Waals surface area contributed by atoms with E-state index in [0.717, 1.165) is 18.5 Å². The summed E-state index contributed by atoms with van der Waals surface area (Å²) in [6.45, 7) is 7.03. The lowest BCUT2D eigenvalue weighted by molar-refractivity contribution is -0.124. The highest BCUT2D eigenvalue weighted by Crippen LogP contribution is 2.29. The molecule has 2 N–H and O–H groups in total. The molecular formula is C26H32N4O5S. The number of likely N-dealkylation sites (tertiary alicyclic amines) is 1. The molecular weight excluding hydrogens is 480 g/mol. The summed E-state index contributed by atoms with van der Waals surface area (Å²) in [4.78, 5) is 43.9. The van der Waals surface area contributed by atoms with Crippen LogP contribution in [0.15, 0.2) is 38.9 Å². The van der Waals surface area contributed by atoms with Gasteiger partial charge in [0.25, 0.3) is 0 Å². The number of carbonyl (C=O) groups is 2. The van der Waals surface area contributed by atoms with Crippen LogP contribution in [0.25, 0.3) is 22.2 Å². The summed E-state index contributed by atoms with van der Waals surface area (Å²) in [7, 11) is 0. The van der Waals surface area contributed by atoms with Crippen LogP contribution < -0.4 is 21.0 Å². The van der Waals surface area contributed by atoms with Crippen molar-refractivity contribution in [3.8, 4) is 17.0 Å². The van der Waals surface area contributed by atoms with E-state index in [9.17, 15) is 14.4 Å². The summed E-state index contributed by atoms with van der Waals surface area (Å²) in [6.07, 6.45) is 3.84. The van der Waals surface area contributed by atoms with Crippen LogP contribution in [0.5, 0.6) is 5.75 Å². The lowest BCUT2D eigenvalue weighted by Gasteiger charge is -2.33. The Morgan fingerprint density at radius 3 is 2.89 bits per heavy atom. The summed E-state index contributed by atoms with van der Waals surface area (Å²) in [6, 6.07) is 7.67. The third kappa shape index (κ3) is 6.50. The number of rotatable bonds is 10. The predicted molar refractivity (Wildman–Crippen MR) is 141 cm³/mol. The summed E-state index contributed by atoms with van der Waals surface area (Å²) >= 11 is 1.21. The summed E-state index contributed by atoms with van der Waals surface area (Å²) in [5.41, 5.74) is 0.571. The molecule has 1 aliphatic rings. The van der Waals surface area contributed by atoms with Gasteiger partial charge >= 0.3 is 5.63 Å². The maximum Gasteiger partial charge on any atom is 0.345 e. The molecule has 0 bridgehead atoms. The van der Waals surface area contributed by atoms with Crippen LogP contribution in [0, 0.1) is 0 Å². The SMILES string of the molecule is CCOc1cccc2cc(-c3csc(NC(=O)CCC(=O)NCCN4CCCC[C@@H]4C)n3)c(=O)oc12. The van der Waals surface area contributed by atoms with Crippen molar-refractivity contribution < 1.29 is 18.7 Å². The fourth-order valence-electron chi connectivity index (χ4n) is 4.35. The average molecular weight is 513 g/mol. The zero-order valence-electron chi connectivity index (χ0n) is 20.7. The molecule has 0 unspecified atom stereocenters. The van der Waals surface area contributed by atoms with Gasteiger partial charge in [0.05, 0.1) is 17.9 Å². The third-order valence-electron chi connectivity index (χ3n) is 6.29. The molecule has 0 radical (unpaired) electrons. The van der Waals surface area contributed by atoms with E-state index in [1.807, 2.05) is 19.1 Å². The van der Waals surface area contributed by atoms with Gasteiger partial charge in [-0.05, 0) is 45.4 Å². The lowest BCUT2D eigenvalue weighted by Crippen LogP contribution is -2.42. The van der Waals surface area contributed by atoms with E-state index in [2.05, 4.69) is 27.4 Å². The molecule has 1 saturated heterocycles. The number of ether oxygens (including phenoxy) is 1. The fraction of sp³-hybridized carbons (Fsp3) is 0.462. The topological polar surface area (TPSA) is 114 Å².